The van der Waals surface area contributed by atoms with Crippen molar-refractivity contribution in [1.82, 2.24) is 5.32 Å². The first-order valence-electron chi connectivity index (χ1n) is 6.83. The fourth-order valence-electron chi connectivity index (χ4n) is 1.84. The molecule has 1 amide bonds. The Morgan fingerprint density at radius 1 is 1.14 bits per heavy atom. The van der Waals surface area contributed by atoms with E-state index in [1.54, 1.807) is 25.1 Å². The number of benzene rings is 2. The van der Waals surface area contributed by atoms with Crippen LogP contribution >= 0.6 is 0 Å². The van der Waals surface area contributed by atoms with Crippen molar-refractivity contribution in [3.8, 4) is 0 Å². The van der Waals surface area contributed by atoms with Crippen molar-refractivity contribution in [2.45, 2.75) is 26.2 Å². The van der Waals surface area contributed by atoms with Gasteiger partial charge in [0, 0.05) is 12.1 Å². The second-order valence-electron chi connectivity index (χ2n) is 4.75. The molecule has 0 aromatic heterocycles. The highest BCUT2D eigenvalue weighted by atomic mass is 19.1. The molecular formula is C17H18FNO2. The summed E-state index contributed by atoms with van der Waals surface area (Å²) >= 11 is 0. The first-order chi connectivity index (χ1) is 10.2. The molecule has 0 bridgehead atoms. The number of rotatable bonds is 6. The Morgan fingerprint density at radius 3 is 2.52 bits per heavy atom. The van der Waals surface area contributed by atoms with Gasteiger partial charge in [-0.25, -0.2) is 4.39 Å². The average Bonchev–Trinajstić information content (AvgIpc) is 2.52. The van der Waals surface area contributed by atoms with E-state index in [1.807, 2.05) is 30.3 Å². The fourth-order valence-corrected chi connectivity index (χ4v) is 1.84. The van der Waals surface area contributed by atoms with Gasteiger partial charge in [0.25, 0.3) is 0 Å². The number of amides is 1. The van der Waals surface area contributed by atoms with Crippen LogP contribution in [0.4, 0.5) is 4.39 Å². The van der Waals surface area contributed by atoms with Crippen LogP contribution in [0.3, 0.4) is 0 Å². The van der Waals surface area contributed by atoms with Crippen molar-refractivity contribution >= 4 is 5.91 Å². The normalized spacial score (nSPS) is 11.9. The van der Waals surface area contributed by atoms with Gasteiger partial charge < -0.3 is 10.1 Å². The van der Waals surface area contributed by atoms with Crippen LogP contribution in [0.2, 0.25) is 0 Å². The van der Waals surface area contributed by atoms with Gasteiger partial charge in [-0.3, -0.25) is 4.79 Å². The quantitative estimate of drug-likeness (QED) is 0.887. The minimum Gasteiger partial charge on any atom is -0.364 e. The predicted molar refractivity (Wildman–Crippen MR) is 78.9 cm³/mol. The lowest BCUT2D eigenvalue weighted by Crippen LogP contribution is -2.34. The molecule has 21 heavy (non-hydrogen) atoms. The maximum atomic E-state index is 13.4. The number of carbonyl (C=O) groups excluding carboxylic acids is 1. The highest BCUT2D eigenvalue weighted by Gasteiger charge is 2.13. The Hall–Kier alpha value is -2.20. The second-order valence-corrected chi connectivity index (χ2v) is 4.75. The Morgan fingerprint density at radius 2 is 1.81 bits per heavy atom. The SMILES string of the molecule is C[C@H](OCc1ccccc1)C(=O)NCc1ccccc1F. The topological polar surface area (TPSA) is 38.3 Å². The summed E-state index contributed by atoms with van der Waals surface area (Å²) in [6.45, 7) is 2.21. The number of halogens is 1. The summed E-state index contributed by atoms with van der Waals surface area (Å²) in [5.74, 6) is -0.579. The molecule has 1 atom stereocenters. The molecule has 4 heteroatoms. The van der Waals surface area contributed by atoms with Crippen molar-refractivity contribution in [1.29, 1.82) is 0 Å². The van der Waals surface area contributed by atoms with E-state index in [0.29, 0.717) is 12.2 Å². The molecule has 110 valence electrons. The van der Waals surface area contributed by atoms with E-state index in [0.717, 1.165) is 5.56 Å². The van der Waals surface area contributed by atoms with E-state index in [2.05, 4.69) is 5.32 Å². The molecule has 0 heterocycles. The van der Waals surface area contributed by atoms with Crippen LogP contribution in [0.25, 0.3) is 0 Å². The summed E-state index contributed by atoms with van der Waals surface area (Å²) in [4.78, 5) is 11.9. The Bertz CT molecular complexity index is 586. The number of nitrogens with one attached hydrogen (secondary N) is 1. The van der Waals surface area contributed by atoms with Crippen molar-refractivity contribution in [2.24, 2.45) is 0 Å². The van der Waals surface area contributed by atoms with Crippen molar-refractivity contribution in [3.63, 3.8) is 0 Å². The molecule has 0 saturated heterocycles. The first kappa shape index (κ1) is 15.2. The molecule has 1 N–H and O–H groups in total. The number of hydrogen-bond acceptors (Lipinski definition) is 2. The molecule has 0 spiro atoms. The van der Waals surface area contributed by atoms with Crippen LogP contribution in [0.5, 0.6) is 0 Å². The summed E-state index contributed by atoms with van der Waals surface area (Å²) in [7, 11) is 0. The Labute approximate surface area is 123 Å². The molecule has 2 rings (SSSR count). The molecule has 0 unspecified atom stereocenters. The standard InChI is InChI=1S/C17H18FNO2/c1-13(21-12-14-7-3-2-4-8-14)17(20)19-11-15-9-5-6-10-16(15)18/h2-10,13H,11-12H2,1H3,(H,19,20)/t13-/m0/s1. The largest absolute Gasteiger partial charge is 0.364 e. The second kappa shape index (κ2) is 7.55. The first-order valence-corrected chi connectivity index (χ1v) is 6.83. The number of hydrogen-bond donors (Lipinski definition) is 1. The molecule has 2 aromatic carbocycles. The van der Waals surface area contributed by atoms with Crippen LogP contribution < -0.4 is 5.32 Å². The van der Waals surface area contributed by atoms with E-state index in [4.69, 9.17) is 4.74 Å². The molecule has 3 nitrogen and oxygen atoms in total. The number of carbonyl (C=O) groups is 1. The zero-order chi connectivity index (χ0) is 15.1. The minimum absolute atomic E-state index is 0.157. The lowest BCUT2D eigenvalue weighted by Gasteiger charge is -2.13. The minimum atomic E-state index is -0.586. The smallest absolute Gasteiger partial charge is 0.249 e. The maximum Gasteiger partial charge on any atom is 0.249 e. The highest BCUT2D eigenvalue weighted by molar-refractivity contribution is 5.80. The summed E-state index contributed by atoms with van der Waals surface area (Å²) in [5, 5.41) is 2.67. The predicted octanol–water partition coefficient (Wildman–Crippen LogP) is 3.05. The van der Waals surface area contributed by atoms with E-state index < -0.39 is 6.10 Å². The third-order valence-corrected chi connectivity index (χ3v) is 3.12. The van der Waals surface area contributed by atoms with E-state index >= 15 is 0 Å². The number of ether oxygens (including phenoxy) is 1. The van der Waals surface area contributed by atoms with Crippen molar-refractivity contribution in [2.75, 3.05) is 0 Å². The molecule has 0 fully saturated rings. The van der Waals surface area contributed by atoms with Gasteiger partial charge in [0.15, 0.2) is 0 Å². The molecule has 0 aliphatic heterocycles. The van der Waals surface area contributed by atoms with Crippen molar-refractivity contribution in [3.05, 3.63) is 71.5 Å². The van der Waals surface area contributed by atoms with Crippen LogP contribution in [0.1, 0.15) is 18.1 Å². The van der Waals surface area contributed by atoms with Crippen molar-refractivity contribution < 1.29 is 13.9 Å². The maximum absolute atomic E-state index is 13.4. The van der Waals surface area contributed by atoms with E-state index in [-0.39, 0.29) is 18.3 Å². The summed E-state index contributed by atoms with van der Waals surface area (Å²) in [5.41, 5.74) is 1.47. The molecule has 2 aromatic rings. The third kappa shape index (κ3) is 4.68. The monoisotopic (exact) mass is 287 g/mol. The third-order valence-electron chi connectivity index (χ3n) is 3.12. The van der Waals surface area contributed by atoms with Gasteiger partial charge in [-0.05, 0) is 18.6 Å². The van der Waals surface area contributed by atoms with Crippen LogP contribution in [0.15, 0.2) is 54.6 Å². The molecular weight excluding hydrogens is 269 g/mol. The van der Waals surface area contributed by atoms with Gasteiger partial charge in [0.05, 0.1) is 6.61 Å². The molecule has 0 saturated carbocycles. The lowest BCUT2D eigenvalue weighted by atomic mass is 10.2. The van der Waals surface area contributed by atoms with Gasteiger partial charge in [0.1, 0.15) is 11.9 Å². The summed E-state index contributed by atoms with van der Waals surface area (Å²) < 4.78 is 18.9. The van der Waals surface area contributed by atoms with Crippen LogP contribution in [-0.2, 0) is 22.7 Å². The van der Waals surface area contributed by atoms with Gasteiger partial charge in [0.2, 0.25) is 5.91 Å². The molecule has 0 radical (unpaired) electrons. The molecule has 0 aliphatic carbocycles. The molecule has 0 aliphatic rings. The van der Waals surface area contributed by atoms with E-state index in [9.17, 15) is 9.18 Å². The fraction of sp³-hybridized carbons (Fsp3) is 0.235. The Balaban J connectivity index is 1.79. The highest BCUT2D eigenvalue weighted by Crippen LogP contribution is 2.07. The zero-order valence-electron chi connectivity index (χ0n) is 11.9. The Kier molecular flexibility index (Phi) is 5.46. The van der Waals surface area contributed by atoms with Gasteiger partial charge in [-0.15, -0.1) is 0 Å². The van der Waals surface area contributed by atoms with Crippen LogP contribution in [-0.4, -0.2) is 12.0 Å². The van der Waals surface area contributed by atoms with Gasteiger partial charge >= 0.3 is 0 Å². The summed E-state index contributed by atoms with van der Waals surface area (Å²) in [6.07, 6.45) is -0.586. The van der Waals surface area contributed by atoms with E-state index in [1.165, 1.54) is 6.07 Å². The van der Waals surface area contributed by atoms with Crippen LogP contribution in [0, 0.1) is 5.82 Å². The average molecular weight is 287 g/mol. The zero-order valence-corrected chi connectivity index (χ0v) is 11.9. The lowest BCUT2D eigenvalue weighted by molar-refractivity contribution is -0.132. The summed E-state index contributed by atoms with van der Waals surface area (Å²) in [6, 6.07) is 16.0. The van der Waals surface area contributed by atoms with Gasteiger partial charge in [-0.1, -0.05) is 48.5 Å². The van der Waals surface area contributed by atoms with Gasteiger partial charge in [-0.2, -0.15) is 0 Å².